The Labute approximate surface area is 111 Å². The van der Waals surface area contributed by atoms with Gasteiger partial charge in [-0.15, -0.1) is 0 Å². The Hall–Kier alpha value is -0.980. The lowest BCUT2D eigenvalue weighted by Gasteiger charge is -2.48. The van der Waals surface area contributed by atoms with Crippen molar-refractivity contribution in [1.82, 2.24) is 0 Å². The minimum Gasteiger partial charge on any atom is -0.378 e. The number of para-hydroxylation sites is 1. The lowest BCUT2D eigenvalue weighted by atomic mass is 9.59. The molecule has 1 N–H and O–H groups in total. The van der Waals surface area contributed by atoms with Gasteiger partial charge >= 0.3 is 0 Å². The fourth-order valence-electron chi connectivity index (χ4n) is 4.29. The van der Waals surface area contributed by atoms with Crippen molar-refractivity contribution in [2.75, 3.05) is 5.32 Å². The molecule has 0 saturated heterocycles. The van der Waals surface area contributed by atoms with E-state index in [1.54, 1.807) is 5.56 Å². The highest BCUT2D eigenvalue weighted by Gasteiger charge is 2.54. The molecule has 2 atom stereocenters. The second-order valence-corrected chi connectivity index (χ2v) is 6.40. The van der Waals surface area contributed by atoms with Gasteiger partial charge in [0.25, 0.3) is 0 Å². The van der Waals surface area contributed by atoms with Gasteiger partial charge in [0, 0.05) is 16.6 Å². The molecule has 0 radical (unpaired) electrons. The Bertz CT molecular complexity index is 439. The second kappa shape index (κ2) is 4.29. The van der Waals surface area contributed by atoms with E-state index in [4.69, 9.17) is 0 Å². The van der Waals surface area contributed by atoms with Crippen LogP contribution in [0.3, 0.4) is 0 Å². The largest absolute Gasteiger partial charge is 0.378 e. The molecular weight excluding hydrogens is 218 g/mol. The highest BCUT2D eigenvalue weighted by atomic mass is 15.1. The summed E-state index contributed by atoms with van der Waals surface area (Å²) in [5.74, 6) is 0. The average Bonchev–Trinajstić information content (AvgIpc) is 2.66. The van der Waals surface area contributed by atoms with E-state index in [-0.39, 0.29) is 0 Å². The smallest absolute Gasteiger partial charge is 0.0468 e. The Morgan fingerprint density at radius 2 is 1.94 bits per heavy atom. The van der Waals surface area contributed by atoms with E-state index in [1.807, 2.05) is 0 Å². The van der Waals surface area contributed by atoms with Crippen molar-refractivity contribution in [2.45, 2.75) is 69.7 Å². The van der Waals surface area contributed by atoms with Gasteiger partial charge in [-0.2, -0.15) is 0 Å². The Morgan fingerprint density at radius 1 is 1.17 bits per heavy atom. The highest BCUT2D eigenvalue weighted by Crippen LogP contribution is 2.56. The highest BCUT2D eigenvalue weighted by molar-refractivity contribution is 5.64. The average molecular weight is 243 g/mol. The van der Waals surface area contributed by atoms with E-state index in [0.29, 0.717) is 11.0 Å². The molecule has 18 heavy (non-hydrogen) atoms. The zero-order chi connectivity index (χ0) is 12.6. The molecule has 0 bridgehead atoms. The van der Waals surface area contributed by atoms with E-state index in [1.165, 1.54) is 50.6 Å². The van der Waals surface area contributed by atoms with Gasteiger partial charge in [-0.25, -0.2) is 0 Å². The van der Waals surface area contributed by atoms with Gasteiger partial charge in [0.05, 0.1) is 0 Å². The van der Waals surface area contributed by atoms with Crippen molar-refractivity contribution in [1.29, 1.82) is 0 Å². The first-order valence-electron chi connectivity index (χ1n) is 7.60. The van der Waals surface area contributed by atoms with Gasteiger partial charge in [0.1, 0.15) is 0 Å². The maximum atomic E-state index is 3.93. The Morgan fingerprint density at radius 3 is 2.78 bits per heavy atom. The van der Waals surface area contributed by atoms with E-state index in [2.05, 4.69) is 43.4 Å². The number of unbranched alkanes of at least 4 members (excludes halogenated alkanes) is 1. The number of nitrogens with one attached hydrogen (secondary N) is 1. The van der Waals surface area contributed by atoms with Crippen LogP contribution in [-0.2, 0) is 5.41 Å². The van der Waals surface area contributed by atoms with Crippen molar-refractivity contribution < 1.29 is 0 Å². The van der Waals surface area contributed by atoms with Crippen LogP contribution < -0.4 is 5.32 Å². The summed E-state index contributed by atoms with van der Waals surface area (Å²) >= 11 is 0. The first-order valence-corrected chi connectivity index (χ1v) is 7.60. The van der Waals surface area contributed by atoms with Crippen LogP contribution in [0.4, 0.5) is 5.69 Å². The summed E-state index contributed by atoms with van der Waals surface area (Å²) in [6.45, 7) is 4.81. The molecule has 1 heteroatoms. The minimum absolute atomic E-state index is 0.338. The zero-order valence-electron chi connectivity index (χ0n) is 11.8. The van der Waals surface area contributed by atoms with Crippen LogP contribution in [0.1, 0.15) is 64.4 Å². The van der Waals surface area contributed by atoms with Gasteiger partial charge in [0.2, 0.25) is 0 Å². The molecule has 1 fully saturated rings. The predicted octanol–water partition coefficient (Wildman–Crippen LogP) is 4.87. The summed E-state index contributed by atoms with van der Waals surface area (Å²) in [5.41, 5.74) is 3.67. The lowest BCUT2D eigenvalue weighted by Crippen LogP contribution is -2.52. The third-order valence-corrected chi connectivity index (χ3v) is 5.44. The van der Waals surface area contributed by atoms with Crippen LogP contribution in [0.5, 0.6) is 0 Å². The van der Waals surface area contributed by atoms with Crippen LogP contribution in [0.2, 0.25) is 0 Å². The Balaban J connectivity index is 2.03. The van der Waals surface area contributed by atoms with Crippen LogP contribution in [0.25, 0.3) is 0 Å². The maximum absolute atomic E-state index is 3.93. The third kappa shape index (κ3) is 1.52. The van der Waals surface area contributed by atoms with Crippen LogP contribution in [0, 0.1) is 0 Å². The van der Waals surface area contributed by atoms with Crippen LogP contribution in [-0.4, -0.2) is 5.54 Å². The fourth-order valence-corrected chi connectivity index (χ4v) is 4.29. The van der Waals surface area contributed by atoms with E-state index >= 15 is 0 Å². The zero-order valence-corrected chi connectivity index (χ0v) is 11.8. The monoisotopic (exact) mass is 243 g/mol. The van der Waals surface area contributed by atoms with Crippen molar-refractivity contribution >= 4 is 5.69 Å². The summed E-state index contributed by atoms with van der Waals surface area (Å²) in [5, 5.41) is 3.93. The molecule has 0 aromatic heterocycles. The fraction of sp³-hybridized carbons (Fsp3) is 0.647. The van der Waals surface area contributed by atoms with Crippen LogP contribution >= 0.6 is 0 Å². The normalized spacial score (nSPS) is 33.7. The molecule has 1 aliphatic carbocycles. The molecule has 1 aliphatic heterocycles. The molecule has 1 aromatic carbocycles. The predicted molar refractivity (Wildman–Crippen MR) is 78.1 cm³/mol. The molecule has 1 heterocycles. The molecule has 3 rings (SSSR count). The minimum atomic E-state index is 0.338. The molecule has 0 unspecified atom stereocenters. The Kier molecular flexibility index (Phi) is 2.88. The number of hydrogen-bond acceptors (Lipinski definition) is 1. The molecule has 0 amide bonds. The molecule has 98 valence electrons. The first kappa shape index (κ1) is 12.1. The number of benzene rings is 1. The molecule has 1 aromatic rings. The summed E-state index contributed by atoms with van der Waals surface area (Å²) in [6.07, 6.45) is 9.45. The van der Waals surface area contributed by atoms with Crippen LogP contribution in [0.15, 0.2) is 24.3 Å². The molecule has 2 aliphatic rings. The van der Waals surface area contributed by atoms with Crippen molar-refractivity contribution in [2.24, 2.45) is 0 Å². The number of rotatable bonds is 3. The van der Waals surface area contributed by atoms with Gasteiger partial charge in [-0.1, -0.05) is 57.7 Å². The number of fused-ring (bicyclic) bond motifs is 3. The standard InChI is InChI=1S/C17H25N/c1-3-4-12-17-13-8-7-11-16(17,2)14-9-5-6-10-15(14)18-17/h5-6,9-10,18H,3-4,7-8,11-13H2,1-2H3/t16-,17-/m0/s1. The van der Waals surface area contributed by atoms with E-state index in [9.17, 15) is 0 Å². The molecular formula is C17H25N. The van der Waals surface area contributed by atoms with E-state index < -0.39 is 0 Å². The van der Waals surface area contributed by atoms with Crippen molar-refractivity contribution in [3.63, 3.8) is 0 Å². The third-order valence-electron chi connectivity index (χ3n) is 5.44. The van der Waals surface area contributed by atoms with Gasteiger partial charge in [-0.3, -0.25) is 0 Å². The maximum Gasteiger partial charge on any atom is 0.0468 e. The van der Waals surface area contributed by atoms with Gasteiger partial charge in [-0.05, 0) is 30.9 Å². The summed E-state index contributed by atoms with van der Waals surface area (Å²) in [4.78, 5) is 0. The SMILES string of the molecule is CCCC[C@]12CCCC[C@@]1(C)c1ccccc1N2. The summed E-state index contributed by atoms with van der Waals surface area (Å²) in [6, 6.07) is 8.99. The summed E-state index contributed by atoms with van der Waals surface area (Å²) < 4.78 is 0. The quantitative estimate of drug-likeness (QED) is 0.798. The first-order chi connectivity index (χ1) is 8.72. The molecule has 0 spiro atoms. The molecule has 1 saturated carbocycles. The number of anilines is 1. The topological polar surface area (TPSA) is 12.0 Å². The van der Waals surface area contributed by atoms with Gasteiger partial charge in [0.15, 0.2) is 0 Å². The van der Waals surface area contributed by atoms with E-state index in [0.717, 1.165) is 0 Å². The lowest BCUT2D eigenvalue weighted by molar-refractivity contribution is 0.180. The van der Waals surface area contributed by atoms with Gasteiger partial charge < -0.3 is 5.32 Å². The van der Waals surface area contributed by atoms with Crippen molar-refractivity contribution in [3.05, 3.63) is 29.8 Å². The molecule has 1 nitrogen and oxygen atoms in total. The van der Waals surface area contributed by atoms with Crippen molar-refractivity contribution in [3.8, 4) is 0 Å². The second-order valence-electron chi connectivity index (χ2n) is 6.40. The summed E-state index contributed by atoms with van der Waals surface area (Å²) in [7, 11) is 0. The number of hydrogen-bond donors (Lipinski definition) is 1.